The molecule has 4 aromatic heterocycles. The lowest BCUT2D eigenvalue weighted by atomic mass is 9.90. The quantitative estimate of drug-likeness (QED) is 0.173. The Kier molecular flexibility index (Phi) is 7.84. The standard InChI is InChI=1S/C61H40N2O2/c1-2-12-50-52-34-40(24-32-60(52)64-58(50)16-3-1)38-18-26-44(27-19-38)62-54-14-7-4-10-46(54)48-30-22-42(36-56(48)62)43-23-31-49-47-11-5-8-15-55(47)63(57(49)37-43)45-28-20-39(21-29-45)41-25-33-61-53(35-41)51-13-6-9-17-59(51)65-61/h1-15,17-21,23-29,31-37H,16,22,30H2. The maximum Gasteiger partial charge on any atom is 0.135 e. The van der Waals surface area contributed by atoms with Crippen molar-refractivity contribution in [1.29, 1.82) is 0 Å². The summed E-state index contributed by atoms with van der Waals surface area (Å²) in [6, 6.07) is 64.2. The highest BCUT2D eigenvalue weighted by Crippen LogP contribution is 2.42. The number of furan rings is 2. The first kappa shape index (κ1) is 36.2. The van der Waals surface area contributed by atoms with Gasteiger partial charge >= 0.3 is 0 Å². The fourth-order valence-electron chi connectivity index (χ4n) is 10.8. The molecule has 65 heavy (non-hydrogen) atoms. The van der Waals surface area contributed by atoms with Crippen molar-refractivity contribution >= 4 is 83.3 Å². The molecular weight excluding hydrogens is 793 g/mol. The lowest BCUT2D eigenvalue weighted by molar-refractivity contribution is 0.564. The molecule has 306 valence electrons. The third-order valence-corrected chi connectivity index (χ3v) is 13.9. The van der Waals surface area contributed by atoms with Crippen LogP contribution >= 0.6 is 0 Å². The Morgan fingerprint density at radius 1 is 0.400 bits per heavy atom. The highest BCUT2D eigenvalue weighted by atomic mass is 16.3. The molecule has 0 atom stereocenters. The van der Waals surface area contributed by atoms with Gasteiger partial charge < -0.3 is 18.0 Å². The molecule has 0 saturated carbocycles. The van der Waals surface area contributed by atoms with Crippen LogP contribution in [0, 0.1) is 0 Å². The van der Waals surface area contributed by atoms with Crippen molar-refractivity contribution in [3.05, 3.63) is 222 Å². The van der Waals surface area contributed by atoms with Crippen LogP contribution in [0.2, 0.25) is 0 Å². The van der Waals surface area contributed by atoms with Crippen LogP contribution in [0.1, 0.15) is 34.6 Å². The van der Waals surface area contributed by atoms with Gasteiger partial charge in [-0.3, -0.25) is 0 Å². The number of hydrogen-bond acceptors (Lipinski definition) is 2. The van der Waals surface area contributed by atoms with Crippen molar-refractivity contribution in [3.63, 3.8) is 0 Å². The van der Waals surface area contributed by atoms with Gasteiger partial charge in [0.25, 0.3) is 0 Å². The minimum atomic E-state index is 0.810. The summed E-state index contributed by atoms with van der Waals surface area (Å²) in [6.45, 7) is 0. The molecule has 12 aromatic rings. The predicted molar refractivity (Wildman–Crippen MR) is 270 cm³/mol. The van der Waals surface area contributed by atoms with E-state index in [1.165, 1.54) is 82.9 Å². The fourth-order valence-corrected chi connectivity index (χ4v) is 10.8. The zero-order valence-electron chi connectivity index (χ0n) is 35.5. The number of benzene rings is 8. The number of nitrogens with zero attached hydrogens (tertiary/aromatic N) is 2. The van der Waals surface area contributed by atoms with Gasteiger partial charge in [0, 0.05) is 55.7 Å². The van der Waals surface area contributed by atoms with E-state index in [1.54, 1.807) is 0 Å². The fraction of sp³-hybridized carbons (Fsp3) is 0.0492. The Morgan fingerprint density at radius 2 is 1.00 bits per heavy atom. The minimum absolute atomic E-state index is 0.810. The molecule has 4 heteroatoms. The van der Waals surface area contributed by atoms with Crippen LogP contribution in [0.3, 0.4) is 0 Å². The number of rotatable bonds is 5. The zero-order chi connectivity index (χ0) is 42.6. The second-order valence-electron chi connectivity index (χ2n) is 17.5. The van der Waals surface area contributed by atoms with E-state index in [0.29, 0.717) is 0 Å². The maximum absolute atomic E-state index is 6.24. The lowest BCUT2D eigenvalue weighted by Crippen LogP contribution is -2.03. The average molecular weight is 833 g/mol. The van der Waals surface area contributed by atoms with Crippen molar-refractivity contribution in [2.45, 2.75) is 19.3 Å². The third-order valence-electron chi connectivity index (χ3n) is 13.9. The van der Waals surface area contributed by atoms with Gasteiger partial charge in [-0.2, -0.15) is 0 Å². The van der Waals surface area contributed by atoms with Crippen molar-refractivity contribution in [3.8, 4) is 33.6 Å². The molecular formula is C61H40N2O2. The number of aromatic nitrogens is 2. The van der Waals surface area contributed by atoms with Crippen LogP contribution in [0.5, 0.6) is 0 Å². The van der Waals surface area contributed by atoms with Crippen molar-refractivity contribution in [2.24, 2.45) is 0 Å². The van der Waals surface area contributed by atoms with Crippen LogP contribution in [0.4, 0.5) is 0 Å². The Balaban J connectivity index is 0.844. The largest absolute Gasteiger partial charge is 0.460 e. The molecule has 2 aliphatic rings. The third kappa shape index (κ3) is 5.63. The summed E-state index contributed by atoms with van der Waals surface area (Å²) in [4.78, 5) is 0. The number of hydrogen-bond donors (Lipinski definition) is 0. The summed E-state index contributed by atoms with van der Waals surface area (Å²) in [6.07, 6.45) is 13.7. The van der Waals surface area contributed by atoms with Gasteiger partial charge in [0.1, 0.15) is 22.5 Å². The van der Waals surface area contributed by atoms with Crippen LogP contribution < -0.4 is 0 Å². The number of aryl methyl sites for hydroxylation is 1. The van der Waals surface area contributed by atoms with E-state index in [2.05, 4.69) is 203 Å². The van der Waals surface area contributed by atoms with Crippen LogP contribution in [0.15, 0.2) is 203 Å². The highest BCUT2D eigenvalue weighted by molar-refractivity contribution is 6.11. The van der Waals surface area contributed by atoms with Gasteiger partial charge in [0.2, 0.25) is 0 Å². The average Bonchev–Trinajstić information content (AvgIpc) is 4.06. The first-order valence-electron chi connectivity index (χ1n) is 22.6. The van der Waals surface area contributed by atoms with Gasteiger partial charge in [-0.05, 0) is 131 Å². The van der Waals surface area contributed by atoms with Gasteiger partial charge in [-0.25, -0.2) is 0 Å². The molecule has 4 heterocycles. The molecule has 0 spiro atoms. The van der Waals surface area contributed by atoms with E-state index >= 15 is 0 Å². The topological polar surface area (TPSA) is 36.1 Å². The van der Waals surface area contributed by atoms with Crippen molar-refractivity contribution in [1.82, 2.24) is 9.13 Å². The molecule has 4 nitrogen and oxygen atoms in total. The second kappa shape index (κ2) is 14.1. The number of para-hydroxylation sites is 3. The minimum Gasteiger partial charge on any atom is -0.460 e. The predicted octanol–water partition coefficient (Wildman–Crippen LogP) is 16.3. The summed E-state index contributed by atoms with van der Waals surface area (Å²) in [5.41, 5.74) is 19.9. The van der Waals surface area contributed by atoms with Gasteiger partial charge in [0.15, 0.2) is 0 Å². The first-order chi connectivity index (χ1) is 32.2. The molecule has 0 radical (unpaired) electrons. The van der Waals surface area contributed by atoms with Gasteiger partial charge in [0.05, 0.1) is 22.2 Å². The van der Waals surface area contributed by atoms with Gasteiger partial charge in [-0.15, -0.1) is 0 Å². The molecule has 2 aliphatic carbocycles. The Bertz CT molecular complexity index is 4010. The van der Waals surface area contributed by atoms with E-state index < -0.39 is 0 Å². The molecule has 0 bridgehead atoms. The first-order valence-corrected chi connectivity index (χ1v) is 22.6. The van der Waals surface area contributed by atoms with E-state index in [0.717, 1.165) is 69.3 Å². The number of fused-ring (bicyclic) bond motifs is 12. The lowest BCUT2D eigenvalue weighted by Gasteiger charge is -2.18. The smallest absolute Gasteiger partial charge is 0.135 e. The molecule has 0 amide bonds. The molecule has 0 aliphatic heterocycles. The van der Waals surface area contributed by atoms with Crippen molar-refractivity contribution < 1.29 is 8.83 Å². The SMILES string of the molecule is C1=CCc2oc3ccc(-c4ccc(-n5c6c(c7ccccc75)CCC(c5ccc7c8ccccc8n(-c8ccc(-c9ccc%10oc%11ccccc%11c%10c9)cc8)c7c5)=C6)cc4)cc3c2C=C1. The Hall–Kier alpha value is -8.34. The summed E-state index contributed by atoms with van der Waals surface area (Å²) < 4.78 is 17.3. The Morgan fingerprint density at radius 3 is 1.78 bits per heavy atom. The molecule has 0 saturated heterocycles. The molecule has 0 N–H and O–H groups in total. The molecule has 8 aromatic carbocycles. The zero-order valence-corrected chi connectivity index (χ0v) is 35.5. The normalized spacial score (nSPS) is 13.6. The summed E-state index contributed by atoms with van der Waals surface area (Å²) in [5, 5.41) is 7.29. The molecule has 0 unspecified atom stereocenters. The molecule has 14 rings (SSSR count). The van der Waals surface area contributed by atoms with E-state index in [4.69, 9.17) is 8.83 Å². The van der Waals surface area contributed by atoms with E-state index in [1.807, 2.05) is 12.1 Å². The maximum atomic E-state index is 6.24. The van der Waals surface area contributed by atoms with E-state index in [9.17, 15) is 0 Å². The van der Waals surface area contributed by atoms with Crippen LogP contribution in [-0.2, 0) is 12.8 Å². The monoisotopic (exact) mass is 832 g/mol. The summed E-state index contributed by atoms with van der Waals surface area (Å²) in [5.74, 6) is 1.02. The van der Waals surface area contributed by atoms with Crippen LogP contribution in [-0.4, -0.2) is 9.13 Å². The van der Waals surface area contributed by atoms with Crippen LogP contribution in [0.25, 0.3) is 117 Å². The van der Waals surface area contributed by atoms with E-state index in [-0.39, 0.29) is 0 Å². The second-order valence-corrected chi connectivity index (χ2v) is 17.5. The number of allylic oxidation sites excluding steroid dienone is 4. The highest BCUT2D eigenvalue weighted by Gasteiger charge is 2.23. The Labute approximate surface area is 374 Å². The molecule has 0 fully saturated rings. The summed E-state index contributed by atoms with van der Waals surface area (Å²) in [7, 11) is 0. The van der Waals surface area contributed by atoms with Gasteiger partial charge in [-0.1, -0.05) is 127 Å². The van der Waals surface area contributed by atoms with Crippen molar-refractivity contribution in [2.75, 3.05) is 0 Å². The summed E-state index contributed by atoms with van der Waals surface area (Å²) >= 11 is 0.